The lowest BCUT2D eigenvalue weighted by Crippen LogP contribution is -2.09. The lowest BCUT2D eigenvalue weighted by molar-refractivity contribution is 0.669. The minimum atomic E-state index is -0.477. The van der Waals surface area contributed by atoms with E-state index in [1.165, 1.54) is 11.3 Å². The van der Waals surface area contributed by atoms with E-state index in [1.807, 2.05) is 91.0 Å². The zero-order valence-corrected chi connectivity index (χ0v) is 23.3. The molecule has 0 atom stereocenters. The topological polar surface area (TPSA) is 29.3 Å². The van der Waals surface area contributed by atoms with E-state index < -0.39 is 24.2 Å². The Morgan fingerprint density at radius 1 is 0.558 bits per heavy atom. The van der Waals surface area contributed by atoms with Gasteiger partial charge in [-0.3, -0.25) is 0 Å². The SMILES string of the molecule is [2H]c1c([2H])c([2H])c2c(c1[2H])c1nc(-c3ccc(N(c4ccccc4)c4ccc5oc6ccccc6c5c4)cc3)sc1c1c([2H])c([2H])c([2H])c([2H])c12. The van der Waals surface area contributed by atoms with E-state index >= 15 is 0 Å². The maximum atomic E-state index is 8.82. The number of para-hydroxylation sites is 2. The van der Waals surface area contributed by atoms with Crippen molar-refractivity contribution in [1.82, 2.24) is 4.98 Å². The van der Waals surface area contributed by atoms with Crippen molar-refractivity contribution in [2.24, 2.45) is 0 Å². The fraction of sp³-hybridized carbons (Fsp3) is 0. The molecule has 0 fully saturated rings. The van der Waals surface area contributed by atoms with Crippen LogP contribution in [-0.4, -0.2) is 4.98 Å². The smallest absolute Gasteiger partial charge is 0.135 e. The van der Waals surface area contributed by atoms with Gasteiger partial charge < -0.3 is 9.32 Å². The third-order valence-corrected chi connectivity index (χ3v) is 8.84. The molecule has 0 aliphatic heterocycles. The highest BCUT2D eigenvalue weighted by molar-refractivity contribution is 7.22. The highest BCUT2D eigenvalue weighted by Crippen LogP contribution is 2.42. The van der Waals surface area contributed by atoms with E-state index in [2.05, 4.69) is 11.0 Å². The van der Waals surface area contributed by atoms with Crippen molar-refractivity contribution in [3.8, 4) is 10.6 Å². The summed E-state index contributed by atoms with van der Waals surface area (Å²) in [4.78, 5) is 7.05. The second-order valence-corrected chi connectivity index (χ2v) is 11.2. The summed E-state index contributed by atoms with van der Waals surface area (Å²) in [7, 11) is 0. The molecule has 2 aromatic heterocycles. The van der Waals surface area contributed by atoms with Crippen molar-refractivity contribution < 1.29 is 15.4 Å². The number of fused-ring (bicyclic) bond motifs is 9. The number of anilines is 3. The van der Waals surface area contributed by atoms with Crippen molar-refractivity contribution in [3.63, 3.8) is 0 Å². The monoisotopic (exact) mass is 576 g/mol. The number of furan rings is 1. The van der Waals surface area contributed by atoms with E-state index in [1.54, 1.807) is 0 Å². The van der Waals surface area contributed by atoms with Crippen molar-refractivity contribution >= 4 is 82.1 Å². The number of aromatic nitrogens is 1. The van der Waals surface area contributed by atoms with Crippen LogP contribution in [0.2, 0.25) is 0 Å². The van der Waals surface area contributed by atoms with Crippen LogP contribution in [0, 0.1) is 0 Å². The average Bonchev–Trinajstić information content (AvgIpc) is 3.76. The van der Waals surface area contributed by atoms with Gasteiger partial charge in [0.1, 0.15) is 16.2 Å². The maximum absolute atomic E-state index is 8.82. The molecule has 0 aliphatic carbocycles. The van der Waals surface area contributed by atoms with Crippen LogP contribution in [0.3, 0.4) is 0 Å². The van der Waals surface area contributed by atoms with Gasteiger partial charge in [-0.15, -0.1) is 11.3 Å². The Morgan fingerprint density at radius 3 is 2.00 bits per heavy atom. The average molecular weight is 577 g/mol. The molecule has 0 bridgehead atoms. The van der Waals surface area contributed by atoms with Gasteiger partial charge in [-0.05, 0) is 71.4 Å². The zero-order valence-electron chi connectivity index (χ0n) is 30.4. The molecule has 0 N–H and O–H groups in total. The highest BCUT2D eigenvalue weighted by Gasteiger charge is 2.17. The van der Waals surface area contributed by atoms with Gasteiger partial charge in [0.2, 0.25) is 0 Å². The molecule has 43 heavy (non-hydrogen) atoms. The van der Waals surface area contributed by atoms with Crippen molar-refractivity contribution in [2.45, 2.75) is 0 Å². The molecule has 4 heteroatoms. The second-order valence-electron chi connectivity index (χ2n) is 10.2. The summed E-state index contributed by atoms with van der Waals surface area (Å²) in [6.45, 7) is 0. The molecule has 0 spiro atoms. The molecule has 0 saturated heterocycles. The van der Waals surface area contributed by atoms with Gasteiger partial charge in [0.15, 0.2) is 0 Å². The Morgan fingerprint density at radius 2 is 1.19 bits per heavy atom. The lowest BCUT2D eigenvalue weighted by Gasteiger charge is -2.25. The molecule has 0 unspecified atom stereocenters. The third-order valence-electron chi connectivity index (χ3n) is 7.72. The minimum absolute atomic E-state index is 0.0311. The molecule has 0 saturated carbocycles. The molecular formula is C39H24N2OS. The van der Waals surface area contributed by atoms with Crippen LogP contribution in [0.1, 0.15) is 11.0 Å². The molecule has 9 rings (SSSR count). The number of rotatable bonds is 4. The summed E-state index contributed by atoms with van der Waals surface area (Å²) in [5, 5.41) is 2.98. The molecule has 0 amide bonds. The minimum Gasteiger partial charge on any atom is -0.456 e. The Bertz CT molecular complexity index is 2810. The molecule has 2 heterocycles. The molecule has 7 aromatic carbocycles. The third kappa shape index (κ3) is 3.84. The van der Waals surface area contributed by atoms with Crippen LogP contribution in [0.15, 0.2) is 150 Å². The summed E-state index contributed by atoms with van der Waals surface area (Å²) in [6, 6.07) is 28.8. The number of hydrogen-bond donors (Lipinski definition) is 0. The van der Waals surface area contributed by atoms with Gasteiger partial charge in [0, 0.05) is 44.2 Å². The van der Waals surface area contributed by atoms with Gasteiger partial charge in [-0.25, -0.2) is 4.98 Å². The second kappa shape index (κ2) is 9.55. The summed E-state index contributed by atoms with van der Waals surface area (Å²) in [6.07, 6.45) is 0. The normalized spacial score (nSPS) is 14.3. The van der Waals surface area contributed by atoms with E-state index in [-0.39, 0.29) is 51.2 Å². The molecule has 202 valence electrons. The van der Waals surface area contributed by atoms with Crippen LogP contribution in [-0.2, 0) is 0 Å². The molecule has 0 radical (unpaired) electrons. The van der Waals surface area contributed by atoms with Crippen LogP contribution in [0.25, 0.3) is 64.3 Å². The summed E-state index contributed by atoms with van der Waals surface area (Å²) < 4.78 is 75.1. The van der Waals surface area contributed by atoms with Crippen molar-refractivity contribution in [3.05, 3.63) is 145 Å². The first-order valence-electron chi connectivity index (χ1n) is 17.7. The Hall–Kier alpha value is -5.45. The van der Waals surface area contributed by atoms with Gasteiger partial charge in [-0.1, -0.05) is 84.7 Å². The van der Waals surface area contributed by atoms with Gasteiger partial charge in [0.05, 0.1) is 21.2 Å². The summed E-state index contributed by atoms with van der Waals surface area (Å²) in [5.41, 5.74) is 5.42. The highest BCUT2D eigenvalue weighted by atomic mass is 32.1. The summed E-state index contributed by atoms with van der Waals surface area (Å²) in [5.74, 6) is 0. The van der Waals surface area contributed by atoms with E-state index in [9.17, 15) is 0 Å². The van der Waals surface area contributed by atoms with Gasteiger partial charge in [0.25, 0.3) is 0 Å². The quantitative estimate of drug-likeness (QED) is 0.195. The van der Waals surface area contributed by atoms with E-state index in [0.717, 1.165) is 44.6 Å². The predicted octanol–water partition coefficient (Wildman–Crippen LogP) is 11.6. The molecule has 3 nitrogen and oxygen atoms in total. The van der Waals surface area contributed by atoms with Crippen LogP contribution >= 0.6 is 11.3 Å². The number of nitrogens with zero attached hydrogens (tertiary/aromatic N) is 2. The van der Waals surface area contributed by atoms with Crippen LogP contribution in [0.4, 0.5) is 17.1 Å². The standard InChI is InChI=1S/C39H24N2OS/c1-2-10-26(11-3-1)41(28-22-23-36-34(24-28)31-14-8-9-17-35(31)42-36)27-20-18-25(19-21-27)39-40-37-32-15-6-4-12-29(32)30-13-5-7-16-33(30)38(37)43-39/h1-24H/i4D,5D,6D,7D,12D,13D,15D,16D. The first kappa shape index (κ1) is 17.5. The molecular weight excluding hydrogens is 545 g/mol. The molecule has 9 aromatic rings. The van der Waals surface area contributed by atoms with Gasteiger partial charge in [-0.2, -0.15) is 0 Å². The van der Waals surface area contributed by atoms with Crippen LogP contribution in [0.5, 0.6) is 0 Å². The van der Waals surface area contributed by atoms with Crippen molar-refractivity contribution in [2.75, 3.05) is 4.90 Å². The molecule has 0 aliphatic rings. The largest absolute Gasteiger partial charge is 0.456 e. The Kier molecular flexibility index (Phi) is 3.88. The van der Waals surface area contributed by atoms with E-state index in [4.69, 9.17) is 20.4 Å². The maximum Gasteiger partial charge on any atom is 0.135 e. The number of hydrogen-bond acceptors (Lipinski definition) is 4. The first-order valence-corrected chi connectivity index (χ1v) is 14.5. The van der Waals surface area contributed by atoms with Crippen molar-refractivity contribution in [1.29, 1.82) is 0 Å². The van der Waals surface area contributed by atoms with Crippen LogP contribution < -0.4 is 4.90 Å². The zero-order chi connectivity index (χ0) is 35.3. The number of benzene rings is 7. The van der Waals surface area contributed by atoms with Gasteiger partial charge >= 0.3 is 0 Å². The number of thiazole rings is 1. The summed E-state index contributed by atoms with van der Waals surface area (Å²) >= 11 is 1.23. The fourth-order valence-electron chi connectivity index (χ4n) is 5.76. The Balaban J connectivity index is 1.24. The lowest BCUT2D eigenvalue weighted by atomic mass is 10.0. The predicted molar refractivity (Wildman–Crippen MR) is 182 cm³/mol. The first-order chi connectivity index (χ1) is 24.6. The Labute approximate surface area is 263 Å². The van der Waals surface area contributed by atoms with E-state index in [0.29, 0.717) is 9.71 Å². The fourth-order valence-corrected chi connectivity index (χ4v) is 6.84.